The lowest BCUT2D eigenvalue weighted by Crippen LogP contribution is -2.04. The van der Waals surface area contributed by atoms with Gasteiger partial charge in [-0.15, -0.1) is 0 Å². The Hall–Kier alpha value is -2.08. The highest BCUT2D eigenvalue weighted by atomic mass is 32.2. The van der Waals surface area contributed by atoms with Crippen LogP contribution in [0.2, 0.25) is 0 Å². The van der Waals surface area contributed by atoms with Gasteiger partial charge in [0.1, 0.15) is 5.82 Å². The molecular weight excluding hydrogens is 291 g/mol. The van der Waals surface area contributed by atoms with Crippen molar-refractivity contribution in [3.05, 3.63) is 53.3 Å². The van der Waals surface area contributed by atoms with Crippen LogP contribution in [-0.4, -0.2) is 14.7 Å². The summed E-state index contributed by atoms with van der Waals surface area (Å²) in [5.41, 5.74) is 8.17. The molecule has 21 heavy (non-hydrogen) atoms. The number of aryl methyl sites for hydroxylation is 1. The third-order valence-corrected chi connectivity index (χ3v) is 4.29. The normalized spacial score (nSPS) is 11.4. The van der Waals surface area contributed by atoms with Gasteiger partial charge in [0, 0.05) is 12.8 Å². The number of nitrogen functional groups attached to an aromatic ring is 1. The molecule has 0 aliphatic carbocycles. The smallest absolute Gasteiger partial charge is 0.175 e. The van der Waals surface area contributed by atoms with E-state index in [0.717, 1.165) is 5.56 Å². The summed E-state index contributed by atoms with van der Waals surface area (Å²) < 4.78 is 36.1. The fourth-order valence-corrected chi connectivity index (χ4v) is 2.53. The molecule has 0 aliphatic rings. The zero-order valence-corrected chi connectivity index (χ0v) is 12.7. The molecule has 4 nitrogen and oxygen atoms in total. The van der Waals surface area contributed by atoms with E-state index in [1.807, 2.05) is 0 Å². The number of nitrogens with one attached hydrogen (secondary N) is 1. The van der Waals surface area contributed by atoms with E-state index in [0.29, 0.717) is 23.5 Å². The molecule has 0 aromatic heterocycles. The quantitative estimate of drug-likeness (QED) is 0.852. The zero-order valence-electron chi connectivity index (χ0n) is 11.9. The van der Waals surface area contributed by atoms with E-state index in [1.165, 1.54) is 12.3 Å². The maximum absolute atomic E-state index is 13.3. The molecule has 0 spiro atoms. The molecule has 2 aromatic rings. The summed E-state index contributed by atoms with van der Waals surface area (Å²) >= 11 is 0. The van der Waals surface area contributed by atoms with Gasteiger partial charge in [-0.05, 0) is 42.3 Å². The molecule has 0 heterocycles. The highest BCUT2D eigenvalue weighted by molar-refractivity contribution is 7.90. The van der Waals surface area contributed by atoms with Gasteiger partial charge in [0.05, 0.1) is 16.3 Å². The van der Waals surface area contributed by atoms with Crippen LogP contribution < -0.4 is 11.1 Å². The molecule has 2 rings (SSSR count). The van der Waals surface area contributed by atoms with Crippen molar-refractivity contribution in [2.24, 2.45) is 0 Å². The zero-order chi connectivity index (χ0) is 15.6. The fraction of sp³-hybridized carbons (Fsp3) is 0.200. The van der Waals surface area contributed by atoms with Crippen LogP contribution in [0.25, 0.3) is 0 Å². The lowest BCUT2D eigenvalue weighted by atomic mass is 10.1. The Balaban J connectivity index is 2.12. The van der Waals surface area contributed by atoms with E-state index in [1.54, 1.807) is 37.3 Å². The molecule has 0 bridgehead atoms. The Bertz CT molecular complexity index is 756. The third-order valence-electron chi connectivity index (χ3n) is 3.17. The van der Waals surface area contributed by atoms with Crippen molar-refractivity contribution >= 4 is 21.2 Å². The van der Waals surface area contributed by atoms with Crippen molar-refractivity contribution in [1.82, 2.24) is 0 Å². The Morgan fingerprint density at radius 1 is 1.19 bits per heavy atom. The predicted molar refractivity (Wildman–Crippen MR) is 82.4 cm³/mol. The molecule has 2 aromatic carbocycles. The SMILES string of the molecule is Cc1cc(NCc2ccc(S(C)(=O)=O)cc2)c(N)cc1F. The van der Waals surface area contributed by atoms with Crippen molar-refractivity contribution in [1.29, 1.82) is 0 Å². The first kappa shape index (κ1) is 15.3. The van der Waals surface area contributed by atoms with Gasteiger partial charge in [-0.3, -0.25) is 0 Å². The molecule has 0 amide bonds. The Morgan fingerprint density at radius 3 is 2.38 bits per heavy atom. The second kappa shape index (κ2) is 5.73. The van der Waals surface area contributed by atoms with E-state index >= 15 is 0 Å². The van der Waals surface area contributed by atoms with Crippen LogP contribution in [0.3, 0.4) is 0 Å². The first-order valence-electron chi connectivity index (χ1n) is 6.36. The molecule has 0 atom stereocenters. The standard InChI is InChI=1S/C15H17FN2O2S/c1-10-7-15(14(17)8-13(10)16)18-9-11-3-5-12(6-4-11)21(2,19)20/h3-8,18H,9,17H2,1-2H3. The number of benzene rings is 2. The molecule has 0 saturated carbocycles. The summed E-state index contributed by atoms with van der Waals surface area (Å²) in [5.74, 6) is -0.337. The van der Waals surface area contributed by atoms with E-state index in [2.05, 4.69) is 5.32 Å². The summed E-state index contributed by atoms with van der Waals surface area (Å²) in [4.78, 5) is 0.281. The van der Waals surface area contributed by atoms with E-state index in [-0.39, 0.29) is 10.7 Å². The Kier molecular flexibility index (Phi) is 4.18. The van der Waals surface area contributed by atoms with Gasteiger partial charge in [-0.25, -0.2) is 12.8 Å². The minimum Gasteiger partial charge on any atom is -0.397 e. The number of rotatable bonds is 4. The van der Waals surface area contributed by atoms with Crippen LogP contribution in [0.5, 0.6) is 0 Å². The molecule has 0 aliphatic heterocycles. The van der Waals surface area contributed by atoms with Crippen molar-refractivity contribution in [3.8, 4) is 0 Å². The van der Waals surface area contributed by atoms with Crippen molar-refractivity contribution in [2.75, 3.05) is 17.3 Å². The van der Waals surface area contributed by atoms with E-state index < -0.39 is 9.84 Å². The second-order valence-corrected chi connectivity index (χ2v) is 6.97. The van der Waals surface area contributed by atoms with Crippen LogP contribution in [-0.2, 0) is 16.4 Å². The van der Waals surface area contributed by atoms with E-state index in [4.69, 9.17) is 5.73 Å². The summed E-state index contributed by atoms with van der Waals surface area (Å²) in [6.45, 7) is 2.14. The molecule has 0 radical (unpaired) electrons. The van der Waals surface area contributed by atoms with Gasteiger partial charge >= 0.3 is 0 Å². The first-order valence-corrected chi connectivity index (χ1v) is 8.25. The topological polar surface area (TPSA) is 72.2 Å². The van der Waals surface area contributed by atoms with Crippen LogP contribution >= 0.6 is 0 Å². The molecule has 6 heteroatoms. The number of hydrogen-bond donors (Lipinski definition) is 2. The van der Waals surface area contributed by atoms with Crippen LogP contribution in [0.1, 0.15) is 11.1 Å². The molecule has 0 unspecified atom stereocenters. The number of hydrogen-bond acceptors (Lipinski definition) is 4. The molecular formula is C15H17FN2O2S. The third kappa shape index (κ3) is 3.72. The van der Waals surface area contributed by atoms with Crippen LogP contribution in [0, 0.1) is 12.7 Å². The first-order chi connectivity index (χ1) is 9.77. The van der Waals surface area contributed by atoms with Gasteiger partial charge in [0.25, 0.3) is 0 Å². The Labute approximate surface area is 123 Å². The van der Waals surface area contributed by atoms with Crippen molar-refractivity contribution in [2.45, 2.75) is 18.4 Å². The average molecular weight is 308 g/mol. The minimum atomic E-state index is -3.19. The van der Waals surface area contributed by atoms with Crippen LogP contribution in [0.15, 0.2) is 41.3 Å². The molecule has 3 N–H and O–H groups in total. The number of sulfone groups is 1. The number of anilines is 2. The summed E-state index contributed by atoms with van der Waals surface area (Å²) in [7, 11) is -3.19. The van der Waals surface area contributed by atoms with Gasteiger partial charge in [0.2, 0.25) is 0 Å². The van der Waals surface area contributed by atoms with Gasteiger partial charge < -0.3 is 11.1 Å². The minimum absolute atomic E-state index is 0.281. The second-order valence-electron chi connectivity index (χ2n) is 4.96. The summed E-state index contributed by atoms with van der Waals surface area (Å²) in [6.07, 6.45) is 1.17. The summed E-state index contributed by atoms with van der Waals surface area (Å²) in [6, 6.07) is 9.52. The molecule has 0 saturated heterocycles. The van der Waals surface area contributed by atoms with Gasteiger partial charge in [0.15, 0.2) is 9.84 Å². The highest BCUT2D eigenvalue weighted by Crippen LogP contribution is 2.23. The van der Waals surface area contributed by atoms with Crippen molar-refractivity contribution in [3.63, 3.8) is 0 Å². The monoisotopic (exact) mass is 308 g/mol. The molecule has 112 valence electrons. The maximum Gasteiger partial charge on any atom is 0.175 e. The lowest BCUT2D eigenvalue weighted by Gasteiger charge is -2.11. The van der Waals surface area contributed by atoms with E-state index in [9.17, 15) is 12.8 Å². The molecule has 0 fully saturated rings. The Morgan fingerprint density at radius 2 is 1.81 bits per heavy atom. The number of halogens is 1. The largest absolute Gasteiger partial charge is 0.397 e. The maximum atomic E-state index is 13.3. The summed E-state index contributed by atoms with van der Waals surface area (Å²) in [5, 5.41) is 3.11. The average Bonchev–Trinajstić information content (AvgIpc) is 2.41. The predicted octanol–water partition coefficient (Wildman–Crippen LogP) is 2.73. The lowest BCUT2D eigenvalue weighted by molar-refractivity contribution is 0.602. The van der Waals surface area contributed by atoms with Crippen LogP contribution in [0.4, 0.5) is 15.8 Å². The van der Waals surface area contributed by atoms with Gasteiger partial charge in [-0.1, -0.05) is 12.1 Å². The van der Waals surface area contributed by atoms with Crippen molar-refractivity contribution < 1.29 is 12.8 Å². The number of nitrogens with two attached hydrogens (primary N) is 1. The fourth-order valence-electron chi connectivity index (χ4n) is 1.90. The van der Waals surface area contributed by atoms with Gasteiger partial charge in [-0.2, -0.15) is 0 Å². The highest BCUT2D eigenvalue weighted by Gasteiger charge is 2.07.